The summed E-state index contributed by atoms with van der Waals surface area (Å²) in [7, 11) is 7.49. The van der Waals surface area contributed by atoms with Crippen molar-refractivity contribution in [2.75, 3.05) is 47.8 Å². The first-order valence-corrected chi connectivity index (χ1v) is 10.3. The number of carbonyl (C=O) groups excluding carboxylic acids is 2. The van der Waals surface area contributed by atoms with E-state index >= 15 is 0 Å². The molecule has 3 amide bonds. The van der Waals surface area contributed by atoms with Crippen molar-refractivity contribution in [3.05, 3.63) is 35.9 Å². The number of rotatable bonds is 6. The van der Waals surface area contributed by atoms with Crippen molar-refractivity contribution in [3.8, 4) is 0 Å². The van der Waals surface area contributed by atoms with Crippen LogP contribution < -0.4 is 0 Å². The zero-order valence-electron chi connectivity index (χ0n) is 18.3. The lowest BCUT2D eigenvalue weighted by atomic mass is 9.68. The summed E-state index contributed by atoms with van der Waals surface area (Å²) in [6.45, 7) is -0.0237. The van der Waals surface area contributed by atoms with E-state index in [2.05, 4.69) is 31.1 Å². The fourth-order valence-corrected chi connectivity index (χ4v) is 4.98. The molecule has 1 saturated carbocycles. The summed E-state index contributed by atoms with van der Waals surface area (Å²) in [6, 6.07) is 10.0. The van der Waals surface area contributed by atoms with Crippen LogP contribution in [0.25, 0.3) is 0 Å². The van der Waals surface area contributed by atoms with Gasteiger partial charge in [0.15, 0.2) is 0 Å². The van der Waals surface area contributed by atoms with Crippen LogP contribution in [0.3, 0.4) is 0 Å². The standard InChI is InChI=1S/C22H32N4O4/c1-23(2)18(27)14-26-20(30)25(15-19(28)29)16-21(26)10-12-22(13-11-21,24(3)4)17-8-6-5-7-9-17/h5-9H,10-16H2,1-4H3,(H,28,29)/t21-,22+. The number of urea groups is 1. The largest absolute Gasteiger partial charge is 0.480 e. The molecule has 2 fully saturated rings. The molecule has 8 nitrogen and oxygen atoms in total. The third-order valence-corrected chi connectivity index (χ3v) is 6.85. The van der Waals surface area contributed by atoms with Crippen molar-refractivity contribution in [1.82, 2.24) is 19.6 Å². The van der Waals surface area contributed by atoms with Crippen LogP contribution in [-0.2, 0) is 15.1 Å². The molecule has 30 heavy (non-hydrogen) atoms. The highest BCUT2D eigenvalue weighted by molar-refractivity contribution is 5.87. The Kier molecular flexibility index (Phi) is 6.08. The fourth-order valence-electron chi connectivity index (χ4n) is 4.98. The SMILES string of the molecule is CN(C)C(=O)CN1C(=O)N(CC(=O)O)C[C@]12CC[C@](c1ccccc1)(N(C)C)CC2. The molecule has 1 aliphatic heterocycles. The first-order valence-electron chi connectivity index (χ1n) is 10.3. The lowest BCUT2D eigenvalue weighted by Gasteiger charge is -2.51. The zero-order valence-corrected chi connectivity index (χ0v) is 18.3. The van der Waals surface area contributed by atoms with Gasteiger partial charge in [0.1, 0.15) is 13.1 Å². The van der Waals surface area contributed by atoms with Gasteiger partial charge in [0.25, 0.3) is 0 Å². The van der Waals surface area contributed by atoms with E-state index in [1.807, 2.05) is 18.2 Å². The number of aliphatic carboxylic acids is 1. The molecule has 2 aliphatic rings. The summed E-state index contributed by atoms with van der Waals surface area (Å²) in [5, 5.41) is 9.25. The van der Waals surface area contributed by atoms with Crippen LogP contribution in [-0.4, -0.2) is 96.0 Å². The van der Waals surface area contributed by atoms with E-state index < -0.39 is 11.5 Å². The average Bonchev–Trinajstić information content (AvgIpc) is 2.94. The summed E-state index contributed by atoms with van der Waals surface area (Å²) in [6.07, 6.45) is 3.07. The molecular weight excluding hydrogens is 384 g/mol. The van der Waals surface area contributed by atoms with Crippen LogP contribution in [0.4, 0.5) is 4.79 Å². The van der Waals surface area contributed by atoms with Gasteiger partial charge < -0.3 is 19.8 Å². The molecular formula is C22H32N4O4. The van der Waals surface area contributed by atoms with E-state index in [4.69, 9.17) is 0 Å². The van der Waals surface area contributed by atoms with Crippen LogP contribution in [0.1, 0.15) is 31.2 Å². The highest BCUT2D eigenvalue weighted by atomic mass is 16.4. The van der Waals surface area contributed by atoms with Gasteiger partial charge in [0.05, 0.1) is 5.54 Å². The first kappa shape index (κ1) is 22.1. The number of benzene rings is 1. The van der Waals surface area contributed by atoms with E-state index in [0.29, 0.717) is 19.4 Å². The number of carboxylic acids is 1. The Hall–Kier alpha value is -2.61. The van der Waals surface area contributed by atoms with Crippen LogP contribution in [0.2, 0.25) is 0 Å². The molecule has 1 aromatic carbocycles. The molecule has 0 aromatic heterocycles. The van der Waals surface area contributed by atoms with Crippen LogP contribution in [0, 0.1) is 0 Å². The maximum Gasteiger partial charge on any atom is 0.323 e. The van der Waals surface area contributed by atoms with Crippen molar-refractivity contribution < 1.29 is 19.5 Å². The number of carboxylic acid groups (broad SMARTS) is 1. The van der Waals surface area contributed by atoms with E-state index in [1.165, 1.54) is 15.4 Å². The maximum atomic E-state index is 13.0. The molecule has 1 aliphatic carbocycles. The number of nitrogens with zero attached hydrogens (tertiary/aromatic N) is 4. The monoisotopic (exact) mass is 416 g/mol. The Morgan fingerprint density at radius 3 is 2.10 bits per heavy atom. The van der Waals surface area contributed by atoms with Crippen molar-refractivity contribution in [3.63, 3.8) is 0 Å². The molecule has 0 radical (unpaired) electrons. The molecule has 1 saturated heterocycles. The Morgan fingerprint density at radius 1 is 1.00 bits per heavy atom. The van der Waals surface area contributed by atoms with Crippen LogP contribution >= 0.6 is 0 Å². The first-order chi connectivity index (χ1) is 14.1. The average molecular weight is 417 g/mol. The zero-order chi connectivity index (χ0) is 22.1. The molecule has 1 heterocycles. The van der Waals surface area contributed by atoms with Gasteiger partial charge in [-0.05, 0) is 45.3 Å². The van der Waals surface area contributed by atoms with Crippen molar-refractivity contribution in [1.29, 1.82) is 0 Å². The Morgan fingerprint density at radius 2 is 1.60 bits per heavy atom. The second kappa shape index (κ2) is 8.26. The summed E-state index contributed by atoms with van der Waals surface area (Å²) in [4.78, 5) is 43.5. The third kappa shape index (κ3) is 3.88. The number of amides is 3. The fraction of sp³-hybridized carbons (Fsp3) is 0.591. The molecule has 8 heteroatoms. The number of hydrogen-bond donors (Lipinski definition) is 1. The number of hydrogen-bond acceptors (Lipinski definition) is 4. The predicted octanol–water partition coefficient (Wildman–Crippen LogP) is 1.67. The van der Waals surface area contributed by atoms with Gasteiger partial charge in [0, 0.05) is 26.2 Å². The maximum absolute atomic E-state index is 13.0. The minimum absolute atomic E-state index is 0.0255. The third-order valence-electron chi connectivity index (χ3n) is 6.85. The summed E-state index contributed by atoms with van der Waals surface area (Å²) < 4.78 is 0. The summed E-state index contributed by atoms with van der Waals surface area (Å²) in [5.41, 5.74) is 0.576. The number of carbonyl (C=O) groups is 3. The topological polar surface area (TPSA) is 84.4 Å². The molecule has 0 unspecified atom stereocenters. The lowest BCUT2D eigenvalue weighted by molar-refractivity contribution is -0.137. The molecule has 1 N–H and O–H groups in total. The van der Waals surface area contributed by atoms with Gasteiger partial charge in [0.2, 0.25) is 5.91 Å². The van der Waals surface area contributed by atoms with E-state index in [1.54, 1.807) is 19.0 Å². The van der Waals surface area contributed by atoms with Crippen molar-refractivity contribution in [2.45, 2.75) is 36.8 Å². The summed E-state index contributed by atoms with van der Waals surface area (Å²) in [5.74, 6) is -1.20. The molecule has 164 valence electrons. The summed E-state index contributed by atoms with van der Waals surface area (Å²) >= 11 is 0. The van der Waals surface area contributed by atoms with E-state index in [-0.39, 0.29) is 30.6 Å². The Bertz CT molecular complexity index is 801. The quantitative estimate of drug-likeness (QED) is 0.763. The Labute approximate surface area is 178 Å². The second-order valence-electron chi connectivity index (χ2n) is 8.92. The van der Waals surface area contributed by atoms with E-state index in [9.17, 15) is 19.5 Å². The molecule has 0 bridgehead atoms. The minimum Gasteiger partial charge on any atom is -0.480 e. The van der Waals surface area contributed by atoms with Gasteiger partial charge in [-0.15, -0.1) is 0 Å². The molecule has 1 aromatic rings. The molecule has 0 atom stereocenters. The van der Waals surface area contributed by atoms with Gasteiger partial charge >= 0.3 is 12.0 Å². The molecule has 1 spiro atoms. The highest BCUT2D eigenvalue weighted by Crippen LogP contribution is 2.48. The lowest BCUT2D eigenvalue weighted by Crippen LogP contribution is -2.57. The smallest absolute Gasteiger partial charge is 0.323 e. The minimum atomic E-state index is -1.04. The highest BCUT2D eigenvalue weighted by Gasteiger charge is 2.55. The van der Waals surface area contributed by atoms with Crippen LogP contribution in [0.5, 0.6) is 0 Å². The van der Waals surface area contributed by atoms with Gasteiger partial charge in [-0.1, -0.05) is 30.3 Å². The van der Waals surface area contributed by atoms with Gasteiger partial charge in [-0.3, -0.25) is 14.5 Å². The predicted molar refractivity (Wildman–Crippen MR) is 113 cm³/mol. The van der Waals surface area contributed by atoms with Gasteiger partial charge in [-0.2, -0.15) is 0 Å². The van der Waals surface area contributed by atoms with Crippen molar-refractivity contribution in [2.24, 2.45) is 0 Å². The number of likely N-dealkylation sites (N-methyl/N-ethyl adjacent to an activating group) is 1. The van der Waals surface area contributed by atoms with Gasteiger partial charge in [-0.25, -0.2) is 4.79 Å². The normalized spacial score (nSPS) is 26.5. The Balaban J connectivity index is 1.90. The second-order valence-corrected chi connectivity index (χ2v) is 8.92. The molecule has 3 rings (SSSR count). The van der Waals surface area contributed by atoms with E-state index in [0.717, 1.165) is 12.8 Å². The van der Waals surface area contributed by atoms with Crippen LogP contribution in [0.15, 0.2) is 30.3 Å². The van der Waals surface area contributed by atoms with Crippen molar-refractivity contribution >= 4 is 17.9 Å².